The Kier molecular flexibility index (Phi) is 11.2. The second-order valence-electron chi connectivity index (χ2n) is 15.0. The molecule has 0 aliphatic carbocycles. The number of benzene rings is 7. The number of para-hydroxylation sites is 2. The van der Waals surface area contributed by atoms with Crippen molar-refractivity contribution in [3.63, 3.8) is 0 Å². The third-order valence-electron chi connectivity index (χ3n) is 11.6. The molecule has 2 nitrogen and oxygen atoms in total. The summed E-state index contributed by atoms with van der Waals surface area (Å²) in [7, 11) is 0. The Labute approximate surface area is 334 Å². The smallest absolute Gasteiger partial charge is 0.0496 e. The van der Waals surface area contributed by atoms with Crippen molar-refractivity contribution in [2.24, 2.45) is 0 Å². The predicted molar refractivity (Wildman–Crippen MR) is 244 cm³/mol. The lowest BCUT2D eigenvalue weighted by atomic mass is 9.96. The molecule has 0 bridgehead atoms. The van der Waals surface area contributed by atoms with Gasteiger partial charge >= 0.3 is 0 Å². The first kappa shape index (κ1) is 37.9. The summed E-state index contributed by atoms with van der Waals surface area (Å²) in [5.41, 5.74) is 22.3. The standard InChI is InChI=1S/C54H52N2/c1-37-34-53(43(7)41(5)39(37)3)55(49-18-11-9-12-19-49)51-30-26-45(27-31-51)22-24-47-16-15-17-48(36-47)25-23-46-28-32-52(33-29-46)56(50-20-13-10-14-21-50)54-35-38(2)40(4)42(6)44(54)8/h9-36H,1-8H3/b24-22+,25-23+. The van der Waals surface area contributed by atoms with Crippen molar-refractivity contribution in [2.45, 2.75) is 55.4 Å². The molecular formula is C54H52N2. The van der Waals surface area contributed by atoms with Crippen LogP contribution in [0.5, 0.6) is 0 Å². The Balaban J connectivity index is 1.09. The highest BCUT2D eigenvalue weighted by atomic mass is 15.1. The topological polar surface area (TPSA) is 6.48 Å². The maximum Gasteiger partial charge on any atom is 0.0496 e. The molecule has 0 saturated carbocycles. The molecule has 0 aliphatic heterocycles. The molecule has 7 aromatic rings. The van der Waals surface area contributed by atoms with E-state index in [1.54, 1.807) is 0 Å². The maximum absolute atomic E-state index is 2.37. The van der Waals surface area contributed by atoms with Crippen molar-refractivity contribution in [1.29, 1.82) is 0 Å². The summed E-state index contributed by atoms with van der Waals surface area (Å²) < 4.78 is 0. The molecule has 0 spiro atoms. The SMILES string of the molecule is Cc1cc(N(c2ccccc2)c2ccc(/C=C/c3cccc(/C=C/c4ccc(N(c5ccccc5)c5cc(C)c(C)c(C)c5C)cc4)c3)cc2)c(C)c(C)c1C. The number of hydrogen-bond donors (Lipinski definition) is 0. The Morgan fingerprint density at radius 3 is 1.00 bits per heavy atom. The summed E-state index contributed by atoms with van der Waals surface area (Å²) in [6.45, 7) is 17.8. The van der Waals surface area contributed by atoms with Gasteiger partial charge in [0.2, 0.25) is 0 Å². The van der Waals surface area contributed by atoms with Crippen LogP contribution in [0.15, 0.2) is 146 Å². The molecule has 0 fully saturated rings. The zero-order chi connectivity index (χ0) is 39.3. The van der Waals surface area contributed by atoms with Crippen LogP contribution in [0.4, 0.5) is 34.1 Å². The Bertz CT molecular complexity index is 2350. The molecule has 0 N–H and O–H groups in total. The summed E-state index contributed by atoms with van der Waals surface area (Å²) in [6.07, 6.45) is 8.78. The Morgan fingerprint density at radius 1 is 0.286 bits per heavy atom. The molecule has 7 aromatic carbocycles. The predicted octanol–water partition coefficient (Wildman–Crippen LogP) is 15.4. The van der Waals surface area contributed by atoms with Gasteiger partial charge in [-0.3, -0.25) is 0 Å². The van der Waals surface area contributed by atoms with Crippen LogP contribution in [0.25, 0.3) is 24.3 Å². The summed E-state index contributed by atoms with van der Waals surface area (Å²) in [5.74, 6) is 0. The van der Waals surface area contributed by atoms with Crippen LogP contribution in [0.1, 0.15) is 66.8 Å². The van der Waals surface area contributed by atoms with E-state index in [4.69, 9.17) is 0 Å². The zero-order valence-electron chi connectivity index (χ0n) is 34.1. The van der Waals surface area contributed by atoms with E-state index in [0.29, 0.717) is 0 Å². The van der Waals surface area contributed by atoms with Crippen molar-refractivity contribution in [2.75, 3.05) is 9.80 Å². The van der Waals surface area contributed by atoms with Crippen molar-refractivity contribution in [3.8, 4) is 0 Å². The first-order valence-electron chi connectivity index (χ1n) is 19.6. The minimum Gasteiger partial charge on any atom is -0.310 e. The van der Waals surface area contributed by atoms with Gasteiger partial charge in [0.15, 0.2) is 0 Å². The average molecular weight is 729 g/mol. The molecule has 0 heterocycles. The fourth-order valence-corrected chi connectivity index (χ4v) is 7.47. The normalized spacial score (nSPS) is 11.4. The lowest BCUT2D eigenvalue weighted by Gasteiger charge is -2.29. The second kappa shape index (κ2) is 16.6. The molecule has 0 radical (unpaired) electrons. The fraction of sp³-hybridized carbons (Fsp3) is 0.148. The van der Waals surface area contributed by atoms with Gasteiger partial charge in [0.1, 0.15) is 0 Å². The van der Waals surface area contributed by atoms with E-state index in [2.05, 4.69) is 235 Å². The van der Waals surface area contributed by atoms with Crippen molar-refractivity contribution < 1.29 is 0 Å². The van der Waals surface area contributed by atoms with Gasteiger partial charge in [0, 0.05) is 34.1 Å². The van der Waals surface area contributed by atoms with Crippen molar-refractivity contribution in [1.82, 2.24) is 0 Å². The largest absolute Gasteiger partial charge is 0.310 e. The van der Waals surface area contributed by atoms with Crippen LogP contribution in [0.2, 0.25) is 0 Å². The number of rotatable bonds is 10. The van der Waals surface area contributed by atoms with Crippen LogP contribution in [0.3, 0.4) is 0 Å². The van der Waals surface area contributed by atoms with Crippen LogP contribution in [-0.4, -0.2) is 0 Å². The lowest BCUT2D eigenvalue weighted by molar-refractivity contribution is 1.17. The van der Waals surface area contributed by atoms with E-state index in [9.17, 15) is 0 Å². The maximum atomic E-state index is 2.37. The molecule has 56 heavy (non-hydrogen) atoms. The van der Waals surface area contributed by atoms with Gasteiger partial charge in [0.05, 0.1) is 0 Å². The molecule has 2 heteroatoms. The van der Waals surface area contributed by atoms with Gasteiger partial charge < -0.3 is 9.80 Å². The van der Waals surface area contributed by atoms with E-state index >= 15 is 0 Å². The second-order valence-corrected chi connectivity index (χ2v) is 15.0. The molecular weight excluding hydrogens is 677 g/mol. The van der Waals surface area contributed by atoms with Gasteiger partial charge in [0.25, 0.3) is 0 Å². The van der Waals surface area contributed by atoms with Gasteiger partial charge in [-0.15, -0.1) is 0 Å². The number of nitrogens with zero attached hydrogens (tertiary/aromatic N) is 2. The monoisotopic (exact) mass is 728 g/mol. The minimum absolute atomic E-state index is 1.14. The highest BCUT2D eigenvalue weighted by molar-refractivity contribution is 5.83. The van der Waals surface area contributed by atoms with E-state index in [0.717, 1.165) is 45.0 Å². The third-order valence-corrected chi connectivity index (χ3v) is 11.6. The van der Waals surface area contributed by atoms with E-state index < -0.39 is 0 Å². The quantitative estimate of drug-likeness (QED) is 0.129. The van der Waals surface area contributed by atoms with Crippen LogP contribution < -0.4 is 9.80 Å². The summed E-state index contributed by atoms with van der Waals surface area (Å²) in [5, 5.41) is 0. The van der Waals surface area contributed by atoms with E-state index in [-0.39, 0.29) is 0 Å². The van der Waals surface area contributed by atoms with Gasteiger partial charge in [-0.2, -0.15) is 0 Å². The van der Waals surface area contributed by atoms with Crippen LogP contribution in [0, 0.1) is 55.4 Å². The van der Waals surface area contributed by atoms with Crippen molar-refractivity contribution >= 4 is 58.4 Å². The molecule has 0 saturated heterocycles. The fourth-order valence-electron chi connectivity index (χ4n) is 7.47. The van der Waals surface area contributed by atoms with Crippen molar-refractivity contribution in [3.05, 3.63) is 212 Å². The lowest BCUT2D eigenvalue weighted by Crippen LogP contribution is -2.12. The summed E-state index contributed by atoms with van der Waals surface area (Å²) in [4.78, 5) is 4.75. The molecule has 0 amide bonds. The zero-order valence-corrected chi connectivity index (χ0v) is 34.1. The third kappa shape index (κ3) is 8.02. The molecule has 7 rings (SSSR count). The summed E-state index contributed by atoms with van der Waals surface area (Å²) >= 11 is 0. The minimum atomic E-state index is 1.14. The Hall–Kier alpha value is -6.38. The number of aryl methyl sites for hydroxylation is 2. The van der Waals surface area contributed by atoms with Crippen LogP contribution >= 0.6 is 0 Å². The molecule has 0 unspecified atom stereocenters. The number of hydrogen-bond acceptors (Lipinski definition) is 2. The molecule has 0 aliphatic rings. The van der Waals surface area contributed by atoms with Gasteiger partial charge in [-0.25, -0.2) is 0 Å². The first-order valence-corrected chi connectivity index (χ1v) is 19.6. The van der Waals surface area contributed by atoms with Gasteiger partial charge in [-0.05, 0) is 189 Å². The van der Waals surface area contributed by atoms with E-state index in [1.165, 1.54) is 55.9 Å². The number of anilines is 6. The highest BCUT2D eigenvalue weighted by Crippen LogP contribution is 2.41. The summed E-state index contributed by atoms with van der Waals surface area (Å²) in [6, 6.07) is 52.4. The van der Waals surface area contributed by atoms with E-state index in [1.807, 2.05) is 0 Å². The highest BCUT2D eigenvalue weighted by Gasteiger charge is 2.19. The molecule has 0 aromatic heterocycles. The molecule has 0 atom stereocenters. The van der Waals surface area contributed by atoms with Crippen LogP contribution in [-0.2, 0) is 0 Å². The van der Waals surface area contributed by atoms with Gasteiger partial charge in [-0.1, -0.05) is 103 Å². The molecule has 278 valence electrons. The Morgan fingerprint density at radius 2 is 0.625 bits per heavy atom. The first-order chi connectivity index (χ1) is 27.1. The average Bonchev–Trinajstić information content (AvgIpc) is 3.23.